The highest BCUT2D eigenvalue weighted by Gasteiger charge is 2.50. The number of ketones is 3. The molecule has 2 fully saturated rings. The van der Waals surface area contributed by atoms with E-state index >= 15 is 0 Å². The molecule has 4 aromatic rings. The topological polar surface area (TPSA) is 416 Å². The predicted octanol–water partition coefficient (Wildman–Crippen LogP) is -1.04. The van der Waals surface area contributed by atoms with Gasteiger partial charge in [0.05, 0.1) is 55.0 Å². The second kappa shape index (κ2) is 21.5. The molecule has 0 radical (unpaired) electrons. The highest BCUT2D eigenvalue weighted by molar-refractivity contribution is 6.31. The number of aromatic hydroxyl groups is 2. The van der Waals surface area contributed by atoms with Crippen LogP contribution in [0, 0.1) is 0 Å². The van der Waals surface area contributed by atoms with Crippen LogP contribution in [0.1, 0.15) is 92.5 Å². The molecule has 2 aromatic heterocycles. The molecule has 0 spiro atoms. The van der Waals surface area contributed by atoms with Gasteiger partial charge < -0.3 is 76.9 Å². The number of nitrogens with zero attached hydrogens (tertiary/aromatic N) is 6. The Balaban J connectivity index is 0.000000235. The van der Waals surface area contributed by atoms with Crippen LogP contribution >= 0.6 is 12.4 Å². The van der Waals surface area contributed by atoms with Crippen LogP contribution in [0.3, 0.4) is 0 Å². The highest BCUT2D eigenvalue weighted by atomic mass is 35.5. The fourth-order valence-corrected chi connectivity index (χ4v) is 8.07. The summed E-state index contributed by atoms with van der Waals surface area (Å²) in [6.45, 7) is 2.33. The van der Waals surface area contributed by atoms with Crippen LogP contribution in [0.2, 0.25) is 0 Å². The van der Waals surface area contributed by atoms with Crippen molar-refractivity contribution in [3.05, 3.63) is 86.3 Å². The minimum atomic E-state index is -2.00. The number of aromatic amines is 1. The zero-order valence-corrected chi connectivity index (χ0v) is 38.4. The van der Waals surface area contributed by atoms with E-state index in [1.54, 1.807) is 21.0 Å². The Morgan fingerprint density at radius 3 is 2.29 bits per heavy atom. The molecule has 8 rings (SSSR count). The molecule has 374 valence electrons. The van der Waals surface area contributed by atoms with Gasteiger partial charge in [0, 0.05) is 62.3 Å². The number of phenols is 2. The second-order valence-corrected chi connectivity index (χ2v) is 16.4. The fraction of sp³-hybridized carbons (Fsp3) is 0.452. The van der Waals surface area contributed by atoms with E-state index in [-0.39, 0.29) is 70.6 Å². The molecule has 2 aromatic carbocycles. The van der Waals surface area contributed by atoms with Gasteiger partial charge in [-0.3, -0.25) is 28.8 Å². The summed E-state index contributed by atoms with van der Waals surface area (Å²) in [5.74, 6) is -3.49. The van der Waals surface area contributed by atoms with Gasteiger partial charge in [0.1, 0.15) is 47.0 Å². The van der Waals surface area contributed by atoms with Gasteiger partial charge in [-0.2, -0.15) is 4.98 Å². The number of carbonyl (C=O) groups is 4. The minimum absolute atomic E-state index is 0. The van der Waals surface area contributed by atoms with Gasteiger partial charge in [0.25, 0.3) is 5.91 Å². The quantitative estimate of drug-likeness (QED) is 0.0477. The molecule has 0 saturated carbocycles. The van der Waals surface area contributed by atoms with Gasteiger partial charge in [-0.05, 0) is 26.0 Å². The summed E-state index contributed by atoms with van der Waals surface area (Å²) in [5, 5.41) is 81.2. The SMILES string of the molecule is CN(C)/N=N/c1[nH]cnc1C(N)=O.COc1cccc2c1C(=O)c1c(O)c3c(c(O)c1C2=O)C[C@@](O)(C(C)=O)C[C@@H]3OC1CC(N)C(O)C(C)O1.Cl.Nc1ccn([C@@H]2O[C@H](CO)[C@@H](O)[C@@H]2O)c(=O)n1. The van der Waals surface area contributed by atoms with E-state index in [4.69, 9.17) is 41.3 Å². The van der Waals surface area contributed by atoms with Crippen molar-refractivity contribution in [1.29, 1.82) is 0 Å². The van der Waals surface area contributed by atoms with Crippen LogP contribution in [0.4, 0.5) is 11.6 Å². The van der Waals surface area contributed by atoms with Gasteiger partial charge in [-0.1, -0.05) is 17.4 Å². The summed E-state index contributed by atoms with van der Waals surface area (Å²) in [6.07, 6.45) is -6.46. The summed E-state index contributed by atoms with van der Waals surface area (Å²) in [4.78, 5) is 71.7. The van der Waals surface area contributed by atoms with Crippen molar-refractivity contribution in [2.45, 2.75) is 93.9 Å². The number of hydrogen-bond acceptors (Lipinski definition) is 22. The van der Waals surface area contributed by atoms with Gasteiger partial charge in [-0.15, -0.1) is 17.5 Å². The van der Waals surface area contributed by atoms with Crippen LogP contribution in [-0.2, 0) is 25.4 Å². The van der Waals surface area contributed by atoms with Crippen molar-refractivity contribution in [3.8, 4) is 17.2 Å². The summed E-state index contributed by atoms with van der Waals surface area (Å²) in [7, 11) is 4.76. The fourth-order valence-electron chi connectivity index (χ4n) is 8.07. The third-order valence-electron chi connectivity index (χ3n) is 11.6. The first-order chi connectivity index (χ1) is 32.0. The monoisotopic (exact) mass is 988 g/mol. The molecule has 26 nitrogen and oxygen atoms in total. The van der Waals surface area contributed by atoms with Gasteiger partial charge >= 0.3 is 5.69 Å². The number of aliphatic hydroxyl groups excluding tert-OH is 4. The van der Waals surface area contributed by atoms with Crippen molar-refractivity contribution in [3.63, 3.8) is 0 Å². The van der Waals surface area contributed by atoms with Crippen molar-refractivity contribution >= 4 is 47.3 Å². The van der Waals surface area contributed by atoms with E-state index in [0.717, 1.165) is 4.57 Å². The number of methoxy groups -OCH3 is 1. The number of benzene rings is 2. The third-order valence-corrected chi connectivity index (χ3v) is 11.6. The second-order valence-electron chi connectivity index (χ2n) is 16.4. The van der Waals surface area contributed by atoms with Gasteiger partial charge in [0.2, 0.25) is 5.78 Å². The number of aromatic nitrogens is 4. The van der Waals surface area contributed by atoms with Gasteiger partial charge in [-0.25, -0.2) is 9.78 Å². The predicted molar refractivity (Wildman–Crippen MR) is 239 cm³/mol. The highest BCUT2D eigenvalue weighted by Crippen LogP contribution is 2.52. The number of rotatable bonds is 9. The van der Waals surface area contributed by atoms with Crippen molar-refractivity contribution < 1.29 is 73.9 Å². The summed E-state index contributed by atoms with van der Waals surface area (Å²) in [6, 6.07) is 5.12. The molecule has 2 aliphatic carbocycles. The van der Waals surface area contributed by atoms with E-state index in [1.807, 2.05) is 0 Å². The smallest absolute Gasteiger partial charge is 0.351 e. The molecule has 14 N–H and O–H groups in total. The Morgan fingerprint density at radius 1 is 1.03 bits per heavy atom. The zero-order chi connectivity index (χ0) is 50.1. The first-order valence-electron chi connectivity index (χ1n) is 20.8. The number of halogens is 1. The lowest BCUT2D eigenvalue weighted by atomic mass is 9.72. The number of aliphatic hydroxyl groups is 5. The number of fused-ring (bicyclic) bond motifs is 3. The van der Waals surface area contributed by atoms with E-state index in [0.29, 0.717) is 0 Å². The Kier molecular flexibility index (Phi) is 16.6. The molecule has 2 aliphatic heterocycles. The average Bonchev–Trinajstić information content (AvgIpc) is 3.88. The Bertz CT molecular complexity index is 2670. The maximum Gasteiger partial charge on any atom is 0.351 e. The molecular formula is C42H53ClN10O16. The minimum Gasteiger partial charge on any atom is -0.507 e. The number of amides is 1. The van der Waals surface area contributed by atoms with Crippen LogP contribution in [0.25, 0.3) is 0 Å². The normalized spacial score (nSPS) is 26.8. The molecule has 4 heterocycles. The molecule has 2 saturated heterocycles. The van der Waals surface area contributed by atoms with Gasteiger partial charge in [0.15, 0.2) is 35.6 Å². The van der Waals surface area contributed by atoms with Crippen LogP contribution < -0.4 is 27.6 Å². The van der Waals surface area contributed by atoms with Crippen LogP contribution in [0.5, 0.6) is 17.2 Å². The molecule has 1 amide bonds. The maximum absolute atomic E-state index is 13.6. The maximum atomic E-state index is 13.6. The Labute approximate surface area is 397 Å². The number of nitrogens with one attached hydrogen (secondary N) is 1. The molecule has 4 unspecified atom stereocenters. The molecule has 4 aliphatic rings. The van der Waals surface area contributed by atoms with E-state index < -0.39 is 125 Å². The number of anilines is 1. The summed E-state index contributed by atoms with van der Waals surface area (Å²) in [5.41, 5.74) is 12.7. The molecule has 27 heteroatoms. The number of hydrogen-bond donors (Lipinski definition) is 11. The van der Waals surface area contributed by atoms with Crippen LogP contribution in [0.15, 0.2) is 51.9 Å². The van der Waals surface area contributed by atoms with Crippen molar-refractivity contribution in [2.24, 2.45) is 21.8 Å². The van der Waals surface area contributed by atoms with Crippen molar-refractivity contribution in [2.75, 3.05) is 33.5 Å². The lowest BCUT2D eigenvalue weighted by molar-refractivity contribution is -0.247. The third kappa shape index (κ3) is 10.6. The van der Waals surface area contributed by atoms with E-state index in [1.165, 1.54) is 55.8 Å². The standard InChI is InChI=1S/C27H29NO10.C9H13N3O5.C6H10N6O.ClH/c1-10-22(30)14(28)7-17(37-10)38-16-9-27(35,11(2)29)8-13-19(16)26(34)21-20(24(13)32)23(31)12-5-4-6-15(36-3)18(12)25(21)33;10-5-1-2-12(9(16)11-5)8-7(15)6(14)4(3-13)17-8;1-12(2)11-10-6-4(5(7)13)8-3-9-6;/h4-6,10,14,16-17,22,30,32,34-35H,7-9,28H2,1-3H3;1-2,4,6-8,13-15H,3H2,(H2,10,11,16);3H,1-2H3,(H2,7,13)(H,8,9);1H/b;;11-10+;/t10?,14?,16-,17?,22?,27-;4-,6-,7+,8-;;/m01../s1. The lowest BCUT2D eigenvalue weighted by Crippen LogP contribution is -2.52. The van der Waals surface area contributed by atoms with E-state index in [2.05, 4.69) is 25.3 Å². The number of Topliss-reactive ketones (excluding diaryl/α,β-unsaturated/α-hetero) is 1. The average molecular weight is 989 g/mol. The zero-order valence-electron chi connectivity index (χ0n) is 37.6. The number of nitrogen functional groups attached to an aromatic ring is 1. The summed E-state index contributed by atoms with van der Waals surface area (Å²) < 4.78 is 23.3. The summed E-state index contributed by atoms with van der Waals surface area (Å²) >= 11 is 0. The Hall–Kier alpha value is -6.46. The Morgan fingerprint density at radius 2 is 1.71 bits per heavy atom. The number of carbonyl (C=O) groups excluding carboxylic acids is 4. The first-order valence-corrected chi connectivity index (χ1v) is 20.8. The lowest BCUT2D eigenvalue weighted by Gasteiger charge is -2.42. The first kappa shape index (κ1) is 53.5. The molecular weight excluding hydrogens is 936 g/mol. The molecule has 69 heavy (non-hydrogen) atoms. The van der Waals surface area contributed by atoms with E-state index in [9.17, 15) is 54.6 Å². The van der Waals surface area contributed by atoms with Crippen molar-refractivity contribution in [1.82, 2.24) is 24.5 Å². The largest absolute Gasteiger partial charge is 0.507 e. The number of H-pyrrole nitrogens is 1. The number of primary amides is 1. The van der Waals surface area contributed by atoms with Crippen LogP contribution in [-0.4, -0.2) is 160 Å². The number of phenolic OH excluding ortho intramolecular Hbond substituents is 2. The molecule has 10 atom stereocenters. The molecule has 0 bridgehead atoms. The number of imidazole rings is 1. The number of nitrogens with two attached hydrogens (primary N) is 3. The number of ether oxygens (including phenoxy) is 4.